The number of carbonyl (C=O) groups excluding carboxylic acids is 3. The molecule has 0 spiro atoms. The molecule has 0 aromatic heterocycles. The van der Waals surface area contributed by atoms with E-state index in [1.807, 2.05) is 0 Å². The number of carboxylic acids is 1. The van der Waals surface area contributed by atoms with E-state index in [0.717, 1.165) is 4.90 Å². The number of amides is 3. The van der Waals surface area contributed by atoms with Crippen LogP contribution >= 0.6 is 0 Å². The second-order valence-electron chi connectivity index (χ2n) is 7.19. The normalized spacial score (nSPS) is 12.3. The topological polar surface area (TPSA) is 174 Å². The number of nitrogens with one attached hydrogen (secondary N) is 1. The van der Waals surface area contributed by atoms with Gasteiger partial charge in [0, 0.05) is 32.7 Å². The average molecular weight is 472 g/mol. The summed E-state index contributed by atoms with van der Waals surface area (Å²) in [5.74, 6) is -2.47. The molecule has 3 rings (SSSR count). The summed E-state index contributed by atoms with van der Waals surface area (Å²) in [5, 5.41) is 29.1. The van der Waals surface area contributed by atoms with Crippen LogP contribution < -0.4 is 11.1 Å². The van der Waals surface area contributed by atoms with Crippen molar-refractivity contribution in [2.24, 2.45) is 5.73 Å². The standard InChI is InChI=1S/C21H21N3O6.C2H7NO/c25-13-23(10-9-22-18(26)14-5-1-4-8-17(14)21(29)30)11-12-24-19(27)15-6-2-3-7-16(15)20(24)28;3-1-2-4/h1-8,25H,9-13H2,(H,22,26)(H,29,30);4H,1-3H2. The van der Waals surface area contributed by atoms with Gasteiger partial charge in [-0.15, -0.1) is 0 Å². The van der Waals surface area contributed by atoms with Crippen LogP contribution in [0, 0.1) is 0 Å². The fourth-order valence-corrected chi connectivity index (χ4v) is 3.23. The minimum Gasteiger partial charge on any atom is -0.478 e. The third-order valence-electron chi connectivity index (χ3n) is 4.96. The molecular formula is C23H28N4O7. The number of aliphatic hydroxyl groups is 2. The zero-order chi connectivity index (χ0) is 25.1. The third kappa shape index (κ3) is 6.68. The van der Waals surface area contributed by atoms with Gasteiger partial charge in [-0.25, -0.2) is 4.79 Å². The molecule has 6 N–H and O–H groups in total. The Morgan fingerprint density at radius 2 is 1.44 bits per heavy atom. The zero-order valence-corrected chi connectivity index (χ0v) is 18.5. The number of carbonyl (C=O) groups is 4. The fraction of sp³-hybridized carbons (Fsp3) is 0.304. The summed E-state index contributed by atoms with van der Waals surface area (Å²) in [6.07, 6.45) is 0. The molecule has 2 aromatic rings. The SMILES string of the molecule is NCCO.O=C(O)c1ccccc1C(=O)NCCN(CO)CCN1C(=O)c2ccccc2C1=O. The molecule has 34 heavy (non-hydrogen) atoms. The van der Waals surface area contributed by atoms with E-state index >= 15 is 0 Å². The number of fused-ring (bicyclic) bond motifs is 1. The Morgan fingerprint density at radius 1 is 0.912 bits per heavy atom. The number of benzene rings is 2. The lowest BCUT2D eigenvalue weighted by Gasteiger charge is -2.22. The highest BCUT2D eigenvalue weighted by Crippen LogP contribution is 2.22. The first-order valence-electron chi connectivity index (χ1n) is 10.6. The highest BCUT2D eigenvalue weighted by molar-refractivity contribution is 6.21. The Hall–Kier alpha value is -3.64. The van der Waals surface area contributed by atoms with Crippen LogP contribution in [0.2, 0.25) is 0 Å². The van der Waals surface area contributed by atoms with Gasteiger partial charge in [-0.05, 0) is 24.3 Å². The second kappa shape index (κ2) is 13.2. The third-order valence-corrected chi connectivity index (χ3v) is 4.96. The average Bonchev–Trinajstić information content (AvgIpc) is 3.10. The number of nitrogens with two attached hydrogens (primary N) is 1. The Balaban J connectivity index is 0.000000945. The molecule has 2 aromatic carbocycles. The van der Waals surface area contributed by atoms with E-state index in [0.29, 0.717) is 17.7 Å². The molecule has 0 radical (unpaired) electrons. The number of hydrogen-bond acceptors (Lipinski definition) is 8. The summed E-state index contributed by atoms with van der Waals surface area (Å²) in [4.78, 5) is 50.9. The maximum Gasteiger partial charge on any atom is 0.336 e. The summed E-state index contributed by atoms with van der Waals surface area (Å²) in [6, 6.07) is 12.5. The highest BCUT2D eigenvalue weighted by Gasteiger charge is 2.34. The van der Waals surface area contributed by atoms with Crippen LogP contribution in [0.4, 0.5) is 0 Å². The van der Waals surface area contributed by atoms with Gasteiger partial charge in [0.25, 0.3) is 17.7 Å². The molecule has 0 saturated carbocycles. The van der Waals surface area contributed by atoms with E-state index in [4.69, 9.17) is 15.9 Å². The van der Waals surface area contributed by atoms with Gasteiger partial charge in [0.15, 0.2) is 0 Å². The first-order valence-corrected chi connectivity index (χ1v) is 10.6. The minimum atomic E-state index is -1.20. The van der Waals surface area contributed by atoms with Gasteiger partial charge < -0.3 is 26.4 Å². The van der Waals surface area contributed by atoms with E-state index in [1.165, 1.54) is 18.2 Å². The molecule has 0 aliphatic carbocycles. The summed E-state index contributed by atoms with van der Waals surface area (Å²) in [6.45, 7) is 0.868. The molecule has 0 saturated heterocycles. The Bertz CT molecular complexity index is 991. The van der Waals surface area contributed by atoms with Crippen LogP contribution in [0.25, 0.3) is 0 Å². The summed E-state index contributed by atoms with van der Waals surface area (Å²) >= 11 is 0. The molecule has 1 aliphatic rings. The van der Waals surface area contributed by atoms with E-state index in [2.05, 4.69) is 5.32 Å². The van der Waals surface area contributed by atoms with Crippen molar-refractivity contribution in [3.8, 4) is 0 Å². The van der Waals surface area contributed by atoms with Crippen LogP contribution in [-0.2, 0) is 0 Å². The van der Waals surface area contributed by atoms with Gasteiger partial charge >= 0.3 is 5.97 Å². The van der Waals surface area contributed by atoms with Gasteiger partial charge in [0.1, 0.15) is 0 Å². The van der Waals surface area contributed by atoms with Crippen molar-refractivity contribution in [1.82, 2.24) is 15.1 Å². The monoisotopic (exact) mass is 472 g/mol. The number of imide groups is 1. The maximum absolute atomic E-state index is 12.4. The number of hydrogen-bond donors (Lipinski definition) is 5. The van der Waals surface area contributed by atoms with E-state index in [9.17, 15) is 24.3 Å². The quantitative estimate of drug-likeness (QED) is 0.228. The smallest absolute Gasteiger partial charge is 0.336 e. The summed E-state index contributed by atoms with van der Waals surface area (Å²) in [7, 11) is 0. The molecular weight excluding hydrogens is 444 g/mol. The number of carboxylic acid groups (broad SMARTS) is 1. The number of nitrogens with zero attached hydrogens (tertiary/aromatic N) is 2. The van der Waals surface area contributed by atoms with E-state index < -0.39 is 11.9 Å². The van der Waals surface area contributed by atoms with Crippen molar-refractivity contribution in [2.45, 2.75) is 0 Å². The predicted octanol–water partition coefficient (Wildman–Crippen LogP) is -0.400. The predicted molar refractivity (Wildman–Crippen MR) is 122 cm³/mol. The van der Waals surface area contributed by atoms with Gasteiger partial charge in [0.2, 0.25) is 0 Å². The van der Waals surface area contributed by atoms with E-state index in [1.54, 1.807) is 35.2 Å². The van der Waals surface area contributed by atoms with Crippen molar-refractivity contribution < 1.29 is 34.5 Å². The first-order chi connectivity index (χ1) is 16.3. The lowest BCUT2D eigenvalue weighted by molar-refractivity contribution is 0.0583. The molecule has 3 amide bonds. The number of aromatic carboxylic acids is 1. The molecule has 11 nitrogen and oxygen atoms in total. The minimum absolute atomic E-state index is 0.0478. The van der Waals surface area contributed by atoms with Crippen molar-refractivity contribution in [3.63, 3.8) is 0 Å². The van der Waals surface area contributed by atoms with Crippen molar-refractivity contribution >= 4 is 23.7 Å². The molecule has 0 atom stereocenters. The second-order valence-corrected chi connectivity index (χ2v) is 7.19. The highest BCUT2D eigenvalue weighted by atomic mass is 16.4. The summed E-state index contributed by atoms with van der Waals surface area (Å²) < 4.78 is 0. The molecule has 0 unspecified atom stereocenters. The fourth-order valence-electron chi connectivity index (χ4n) is 3.23. The largest absolute Gasteiger partial charge is 0.478 e. The number of aliphatic hydroxyl groups excluding tert-OH is 2. The molecule has 182 valence electrons. The van der Waals surface area contributed by atoms with Crippen LogP contribution in [0.3, 0.4) is 0 Å². The van der Waals surface area contributed by atoms with Gasteiger partial charge in [-0.2, -0.15) is 0 Å². The van der Waals surface area contributed by atoms with Crippen LogP contribution in [0.15, 0.2) is 48.5 Å². The van der Waals surface area contributed by atoms with E-state index in [-0.39, 0.29) is 62.5 Å². The lowest BCUT2D eigenvalue weighted by Crippen LogP contribution is -2.41. The van der Waals surface area contributed by atoms with Gasteiger partial charge in [-0.3, -0.25) is 24.2 Å². The van der Waals surface area contributed by atoms with Crippen LogP contribution in [-0.4, -0.2) is 94.9 Å². The van der Waals surface area contributed by atoms with Crippen LogP contribution in [0.1, 0.15) is 41.4 Å². The van der Waals surface area contributed by atoms with Gasteiger partial charge in [0.05, 0.1) is 35.6 Å². The number of rotatable bonds is 10. The molecule has 1 heterocycles. The Kier molecular flexibility index (Phi) is 10.3. The summed E-state index contributed by atoms with van der Waals surface area (Å²) in [5.41, 5.74) is 5.45. The van der Waals surface area contributed by atoms with Crippen molar-refractivity contribution in [2.75, 3.05) is 46.1 Å². The van der Waals surface area contributed by atoms with Crippen molar-refractivity contribution in [1.29, 1.82) is 0 Å². The molecule has 1 aliphatic heterocycles. The molecule has 0 bridgehead atoms. The maximum atomic E-state index is 12.4. The molecule has 0 fully saturated rings. The first kappa shape index (κ1) is 26.6. The van der Waals surface area contributed by atoms with Crippen LogP contribution in [0.5, 0.6) is 0 Å². The molecule has 11 heteroatoms. The Morgan fingerprint density at radius 3 is 1.94 bits per heavy atom. The van der Waals surface area contributed by atoms with Crippen molar-refractivity contribution in [3.05, 3.63) is 70.8 Å². The van der Waals surface area contributed by atoms with Gasteiger partial charge in [-0.1, -0.05) is 24.3 Å². The Labute approximate surface area is 196 Å². The zero-order valence-electron chi connectivity index (χ0n) is 18.5. The lowest BCUT2D eigenvalue weighted by atomic mass is 10.1.